The Bertz CT molecular complexity index is 362. The molecule has 96 valence electrons. The summed E-state index contributed by atoms with van der Waals surface area (Å²) >= 11 is 5.89. The number of methoxy groups -OCH3 is 1. The van der Waals surface area contributed by atoms with E-state index in [0.29, 0.717) is 6.42 Å². The molecular formula is C12H18ClFN2O. The minimum absolute atomic E-state index is 0.00394. The number of benzene rings is 1. The maximum absolute atomic E-state index is 13.3. The molecule has 17 heavy (non-hydrogen) atoms. The Kier molecular flexibility index (Phi) is 5.85. The summed E-state index contributed by atoms with van der Waals surface area (Å²) in [6, 6.07) is 4.79. The molecule has 0 radical (unpaired) electrons. The number of nitrogens with one attached hydrogen (secondary N) is 1. The fourth-order valence-electron chi connectivity index (χ4n) is 1.68. The van der Waals surface area contributed by atoms with Crippen LogP contribution in [-0.4, -0.2) is 19.3 Å². The van der Waals surface area contributed by atoms with Gasteiger partial charge in [0.05, 0.1) is 11.1 Å². The lowest BCUT2D eigenvalue weighted by Gasteiger charge is -2.20. The molecule has 0 fully saturated rings. The van der Waals surface area contributed by atoms with E-state index in [1.54, 1.807) is 19.2 Å². The molecule has 5 heteroatoms. The molecule has 0 aromatic heterocycles. The van der Waals surface area contributed by atoms with Gasteiger partial charge in [-0.1, -0.05) is 23.7 Å². The molecule has 0 spiro atoms. The number of halogens is 2. The lowest BCUT2D eigenvalue weighted by molar-refractivity contribution is 0.100. The number of nitrogens with two attached hydrogens (primary N) is 1. The van der Waals surface area contributed by atoms with Crippen molar-refractivity contribution in [2.45, 2.75) is 31.9 Å². The Balaban J connectivity index is 2.70. The molecule has 0 saturated carbocycles. The Hall–Kier alpha value is -0.680. The van der Waals surface area contributed by atoms with Crippen LogP contribution in [0.2, 0.25) is 5.02 Å². The molecule has 3 nitrogen and oxygen atoms in total. The Labute approximate surface area is 106 Å². The number of hydrogen-bond donors (Lipinski definition) is 2. The van der Waals surface area contributed by atoms with E-state index < -0.39 is 5.82 Å². The number of hydrogen-bond acceptors (Lipinski definition) is 3. The number of ether oxygens (including phenoxy) is 1. The van der Waals surface area contributed by atoms with E-state index in [9.17, 15) is 4.39 Å². The van der Waals surface area contributed by atoms with Crippen LogP contribution in [0, 0.1) is 5.82 Å². The van der Waals surface area contributed by atoms with Gasteiger partial charge in [0.1, 0.15) is 5.82 Å². The summed E-state index contributed by atoms with van der Waals surface area (Å²) in [4.78, 5) is 0. The average molecular weight is 261 g/mol. The van der Waals surface area contributed by atoms with Gasteiger partial charge in [-0.2, -0.15) is 0 Å². The predicted octanol–water partition coefficient (Wildman–Crippen LogP) is 2.28. The summed E-state index contributed by atoms with van der Waals surface area (Å²) in [6.45, 7) is 1.96. The first kappa shape index (κ1) is 14.4. The third-order valence-electron chi connectivity index (χ3n) is 2.75. The van der Waals surface area contributed by atoms with Crippen molar-refractivity contribution in [2.75, 3.05) is 7.11 Å². The highest BCUT2D eigenvalue weighted by molar-refractivity contribution is 6.31. The first-order valence-electron chi connectivity index (χ1n) is 5.50. The smallest absolute Gasteiger partial charge is 0.142 e. The third-order valence-corrected chi connectivity index (χ3v) is 3.18. The molecule has 0 aliphatic heterocycles. The highest BCUT2D eigenvalue weighted by Crippen LogP contribution is 2.21. The van der Waals surface area contributed by atoms with Crippen LogP contribution in [0.4, 0.5) is 4.39 Å². The van der Waals surface area contributed by atoms with E-state index in [2.05, 4.69) is 5.43 Å². The first-order valence-corrected chi connectivity index (χ1v) is 5.88. The van der Waals surface area contributed by atoms with Gasteiger partial charge in [0.2, 0.25) is 0 Å². The molecule has 0 saturated heterocycles. The number of hydrazine groups is 1. The topological polar surface area (TPSA) is 47.3 Å². The highest BCUT2D eigenvalue weighted by Gasteiger charge is 2.15. The van der Waals surface area contributed by atoms with Crippen molar-refractivity contribution < 1.29 is 9.13 Å². The zero-order chi connectivity index (χ0) is 12.8. The van der Waals surface area contributed by atoms with Crippen molar-refractivity contribution in [3.05, 3.63) is 34.6 Å². The zero-order valence-corrected chi connectivity index (χ0v) is 10.8. The van der Waals surface area contributed by atoms with Crippen molar-refractivity contribution in [2.24, 2.45) is 5.84 Å². The van der Waals surface area contributed by atoms with Gasteiger partial charge in [-0.3, -0.25) is 11.3 Å². The van der Waals surface area contributed by atoms with Crippen molar-refractivity contribution >= 4 is 11.6 Å². The van der Waals surface area contributed by atoms with Crippen LogP contribution in [0.5, 0.6) is 0 Å². The molecule has 0 heterocycles. The zero-order valence-electron chi connectivity index (χ0n) is 10.0. The monoisotopic (exact) mass is 260 g/mol. The molecule has 3 N–H and O–H groups in total. The van der Waals surface area contributed by atoms with E-state index in [4.69, 9.17) is 22.2 Å². The molecule has 2 atom stereocenters. The third kappa shape index (κ3) is 4.24. The van der Waals surface area contributed by atoms with Crippen LogP contribution in [0.1, 0.15) is 18.9 Å². The quantitative estimate of drug-likeness (QED) is 0.609. The van der Waals surface area contributed by atoms with Crippen molar-refractivity contribution in [3.63, 3.8) is 0 Å². The molecular weight excluding hydrogens is 243 g/mol. The van der Waals surface area contributed by atoms with Gasteiger partial charge in [0.15, 0.2) is 0 Å². The van der Waals surface area contributed by atoms with Gasteiger partial charge in [0.25, 0.3) is 0 Å². The van der Waals surface area contributed by atoms with Gasteiger partial charge in [0, 0.05) is 13.2 Å². The van der Waals surface area contributed by atoms with Crippen LogP contribution in [0.15, 0.2) is 18.2 Å². The van der Waals surface area contributed by atoms with Gasteiger partial charge >= 0.3 is 0 Å². The molecule has 1 aromatic rings. The largest absolute Gasteiger partial charge is 0.382 e. The van der Waals surface area contributed by atoms with E-state index in [1.807, 2.05) is 6.92 Å². The second kappa shape index (κ2) is 6.91. The molecule has 1 rings (SSSR count). The van der Waals surface area contributed by atoms with Crippen LogP contribution in [0.3, 0.4) is 0 Å². The lowest BCUT2D eigenvalue weighted by atomic mass is 10.0. The summed E-state index contributed by atoms with van der Waals surface area (Å²) in [5.41, 5.74) is 3.45. The van der Waals surface area contributed by atoms with Crippen LogP contribution < -0.4 is 11.3 Å². The van der Waals surface area contributed by atoms with Crippen LogP contribution in [0.25, 0.3) is 0 Å². The molecule has 2 unspecified atom stereocenters. The standard InChI is InChI=1S/C12H18ClFN2O/c1-8(17-2)6-10(16-15)7-9-4-3-5-11(14)12(9)13/h3-5,8,10,16H,6-7,15H2,1-2H3. The Morgan fingerprint density at radius 3 is 2.82 bits per heavy atom. The number of rotatable bonds is 6. The van der Waals surface area contributed by atoms with Crippen molar-refractivity contribution in [3.8, 4) is 0 Å². The van der Waals surface area contributed by atoms with Crippen molar-refractivity contribution in [1.29, 1.82) is 0 Å². The summed E-state index contributed by atoms with van der Waals surface area (Å²) in [5, 5.41) is 0.165. The highest BCUT2D eigenvalue weighted by atomic mass is 35.5. The minimum Gasteiger partial charge on any atom is -0.382 e. The van der Waals surface area contributed by atoms with Gasteiger partial charge in [-0.15, -0.1) is 0 Å². The van der Waals surface area contributed by atoms with Gasteiger partial charge < -0.3 is 4.74 Å². The molecule has 0 bridgehead atoms. The van der Waals surface area contributed by atoms with Gasteiger partial charge in [-0.05, 0) is 31.4 Å². The van der Waals surface area contributed by atoms with Crippen molar-refractivity contribution in [1.82, 2.24) is 5.43 Å². The second-order valence-corrected chi connectivity index (χ2v) is 4.44. The fourth-order valence-corrected chi connectivity index (χ4v) is 1.88. The maximum atomic E-state index is 13.3. The van der Waals surface area contributed by atoms with Crippen LogP contribution >= 0.6 is 11.6 Å². The SMILES string of the molecule is COC(C)CC(Cc1cccc(F)c1Cl)NN. The fraction of sp³-hybridized carbons (Fsp3) is 0.500. The van der Waals surface area contributed by atoms with E-state index in [1.165, 1.54) is 6.07 Å². The van der Waals surface area contributed by atoms with Crippen LogP contribution in [-0.2, 0) is 11.2 Å². The molecule has 1 aromatic carbocycles. The summed E-state index contributed by atoms with van der Waals surface area (Å²) in [7, 11) is 1.65. The molecule has 0 aliphatic carbocycles. The summed E-state index contributed by atoms with van der Waals surface area (Å²) in [5.74, 6) is 5.07. The summed E-state index contributed by atoms with van der Waals surface area (Å²) < 4.78 is 18.4. The summed E-state index contributed by atoms with van der Waals surface area (Å²) in [6.07, 6.45) is 1.39. The first-order chi connectivity index (χ1) is 8.08. The van der Waals surface area contributed by atoms with E-state index in [-0.39, 0.29) is 17.2 Å². The van der Waals surface area contributed by atoms with E-state index >= 15 is 0 Å². The molecule has 0 amide bonds. The predicted molar refractivity (Wildman–Crippen MR) is 67.3 cm³/mol. The normalized spacial score (nSPS) is 14.6. The minimum atomic E-state index is -0.403. The Morgan fingerprint density at radius 2 is 2.24 bits per heavy atom. The lowest BCUT2D eigenvalue weighted by Crippen LogP contribution is -2.39. The van der Waals surface area contributed by atoms with E-state index in [0.717, 1.165) is 12.0 Å². The Morgan fingerprint density at radius 1 is 1.53 bits per heavy atom. The average Bonchev–Trinajstić information content (AvgIpc) is 2.33. The van der Waals surface area contributed by atoms with Gasteiger partial charge in [-0.25, -0.2) is 4.39 Å². The maximum Gasteiger partial charge on any atom is 0.142 e. The second-order valence-electron chi connectivity index (χ2n) is 4.06. The molecule has 0 aliphatic rings.